The molecule has 2 rings (SSSR count). The quantitative estimate of drug-likeness (QED) is 0.705. The lowest BCUT2D eigenvalue weighted by Gasteiger charge is -2.37. The Hall–Kier alpha value is -0.920. The molecule has 1 amide bonds. The van der Waals surface area contributed by atoms with Crippen molar-refractivity contribution in [3.63, 3.8) is 0 Å². The van der Waals surface area contributed by atoms with Crippen LogP contribution in [0.4, 0.5) is 0 Å². The number of nitrogens with one attached hydrogen (secondary N) is 1. The topological polar surface area (TPSA) is 92.5 Å². The number of hydrogen-bond donors (Lipinski definition) is 2. The van der Waals surface area contributed by atoms with Crippen molar-refractivity contribution in [3.05, 3.63) is 12.2 Å². The van der Waals surface area contributed by atoms with E-state index in [-0.39, 0.29) is 23.9 Å². The minimum atomic E-state index is -3.22. The predicted octanol–water partition coefficient (Wildman–Crippen LogP) is -0.180. The Balaban J connectivity index is 1.99. The van der Waals surface area contributed by atoms with Gasteiger partial charge in [-0.3, -0.25) is 4.79 Å². The van der Waals surface area contributed by atoms with Gasteiger partial charge in [-0.15, -0.1) is 0 Å². The lowest BCUT2D eigenvalue weighted by atomic mass is 9.98. The zero-order chi connectivity index (χ0) is 14.8. The van der Waals surface area contributed by atoms with E-state index in [9.17, 15) is 13.2 Å². The van der Waals surface area contributed by atoms with Gasteiger partial charge in [-0.25, -0.2) is 13.1 Å². The van der Waals surface area contributed by atoms with Crippen molar-refractivity contribution in [2.45, 2.75) is 37.8 Å². The minimum Gasteiger partial charge on any atom is -0.338 e. The summed E-state index contributed by atoms with van der Waals surface area (Å²) in [5, 5.41) is 0. The fourth-order valence-electron chi connectivity index (χ4n) is 2.87. The highest BCUT2D eigenvalue weighted by molar-refractivity contribution is 7.88. The molecule has 1 aliphatic heterocycles. The second-order valence-electron chi connectivity index (χ2n) is 5.69. The molecule has 7 heteroatoms. The Morgan fingerprint density at radius 1 is 1.40 bits per heavy atom. The fourth-order valence-corrected chi connectivity index (χ4v) is 3.37. The molecule has 114 valence electrons. The van der Waals surface area contributed by atoms with Crippen LogP contribution in [0.25, 0.3) is 0 Å². The summed E-state index contributed by atoms with van der Waals surface area (Å²) in [5.74, 6) is -0.0713. The zero-order valence-corrected chi connectivity index (χ0v) is 12.6. The van der Waals surface area contributed by atoms with Gasteiger partial charge in [0.05, 0.1) is 12.2 Å². The van der Waals surface area contributed by atoms with Crippen LogP contribution in [0.15, 0.2) is 12.2 Å². The van der Waals surface area contributed by atoms with E-state index in [4.69, 9.17) is 5.73 Å². The van der Waals surface area contributed by atoms with E-state index < -0.39 is 10.0 Å². The van der Waals surface area contributed by atoms with Crippen LogP contribution in [0.1, 0.15) is 25.7 Å². The summed E-state index contributed by atoms with van der Waals surface area (Å²) in [6, 6.07) is -0.0856. The smallest absolute Gasteiger partial charge is 0.229 e. The highest BCUT2D eigenvalue weighted by Gasteiger charge is 2.32. The average molecular weight is 301 g/mol. The number of hydrogen-bond acceptors (Lipinski definition) is 4. The van der Waals surface area contributed by atoms with Gasteiger partial charge in [0.2, 0.25) is 15.9 Å². The highest BCUT2D eigenvalue weighted by Crippen LogP contribution is 2.24. The molecule has 3 atom stereocenters. The van der Waals surface area contributed by atoms with Gasteiger partial charge < -0.3 is 10.6 Å². The van der Waals surface area contributed by atoms with Crippen LogP contribution < -0.4 is 10.5 Å². The number of amides is 1. The lowest BCUT2D eigenvalue weighted by molar-refractivity contribution is -0.137. The van der Waals surface area contributed by atoms with Crippen molar-refractivity contribution in [2.24, 2.45) is 11.7 Å². The molecular formula is C13H23N3O3S. The standard InChI is InChI=1S/C13H23N3O3S/c1-20(18,19)15-9-12-4-2-3-7-16(12)13(17)10-5-6-11(14)8-10/h5-6,10-12,15H,2-4,7-9,14H2,1H3. The zero-order valence-electron chi connectivity index (χ0n) is 11.8. The van der Waals surface area contributed by atoms with Crippen molar-refractivity contribution in [1.29, 1.82) is 0 Å². The van der Waals surface area contributed by atoms with E-state index in [2.05, 4.69) is 4.72 Å². The second kappa shape index (κ2) is 6.24. The maximum Gasteiger partial charge on any atom is 0.229 e. The van der Waals surface area contributed by atoms with Crippen LogP contribution in [-0.2, 0) is 14.8 Å². The van der Waals surface area contributed by atoms with Crippen molar-refractivity contribution in [1.82, 2.24) is 9.62 Å². The molecule has 20 heavy (non-hydrogen) atoms. The van der Waals surface area contributed by atoms with Crippen LogP contribution in [-0.4, -0.2) is 50.7 Å². The van der Waals surface area contributed by atoms with E-state index in [0.717, 1.165) is 25.5 Å². The molecule has 1 saturated heterocycles. The van der Waals surface area contributed by atoms with Gasteiger partial charge in [-0.05, 0) is 25.7 Å². The monoisotopic (exact) mass is 301 g/mol. The molecule has 0 aromatic carbocycles. The Morgan fingerprint density at radius 3 is 2.75 bits per heavy atom. The number of carbonyl (C=O) groups excluding carboxylic acids is 1. The molecular weight excluding hydrogens is 278 g/mol. The van der Waals surface area contributed by atoms with Crippen LogP contribution >= 0.6 is 0 Å². The van der Waals surface area contributed by atoms with Gasteiger partial charge in [0.25, 0.3) is 0 Å². The molecule has 0 bridgehead atoms. The molecule has 1 heterocycles. The molecule has 0 aromatic heterocycles. The molecule has 3 unspecified atom stereocenters. The fraction of sp³-hybridized carbons (Fsp3) is 0.769. The maximum atomic E-state index is 12.5. The molecule has 0 saturated carbocycles. The Bertz CT molecular complexity index is 489. The molecule has 3 N–H and O–H groups in total. The summed E-state index contributed by atoms with van der Waals surface area (Å²) < 4.78 is 24.9. The van der Waals surface area contributed by atoms with Crippen molar-refractivity contribution in [2.75, 3.05) is 19.3 Å². The Morgan fingerprint density at radius 2 is 2.15 bits per heavy atom. The summed E-state index contributed by atoms with van der Waals surface area (Å²) in [4.78, 5) is 14.4. The van der Waals surface area contributed by atoms with Crippen LogP contribution in [0.3, 0.4) is 0 Å². The van der Waals surface area contributed by atoms with E-state index in [0.29, 0.717) is 19.5 Å². The van der Waals surface area contributed by atoms with Gasteiger partial charge in [-0.1, -0.05) is 12.2 Å². The number of rotatable bonds is 4. The van der Waals surface area contributed by atoms with Gasteiger partial charge in [0.15, 0.2) is 0 Å². The third-order valence-corrected chi connectivity index (χ3v) is 4.62. The van der Waals surface area contributed by atoms with Crippen molar-refractivity contribution < 1.29 is 13.2 Å². The largest absolute Gasteiger partial charge is 0.338 e. The Kier molecular flexibility index (Phi) is 4.82. The molecule has 1 aliphatic carbocycles. The van der Waals surface area contributed by atoms with Crippen molar-refractivity contribution in [3.8, 4) is 0 Å². The third kappa shape index (κ3) is 4.04. The summed E-state index contributed by atoms with van der Waals surface area (Å²) >= 11 is 0. The molecule has 2 aliphatic rings. The highest BCUT2D eigenvalue weighted by atomic mass is 32.2. The molecule has 0 radical (unpaired) electrons. The number of nitrogens with two attached hydrogens (primary N) is 1. The summed E-state index contributed by atoms with van der Waals surface area (Å²) in [5.41, 5.74) is 5.79. The Labute approximate surface area is 120 Å². The molecule has 1 fully saturated rings. The maximum absolute atomic E-state index is 12.5. The number of sulfonamides is 1. The van der Waals surface area contributed by atoms with Crippen LogP contribution in [0, 0.1) is 5.92 Å². The van der Waals surface area contributed by atoms with E-state index in [1.807, 2.05) is 17.1 Å². The first-order valence-corrected chi connectivity index (χ1v) is 8.95. The average Bonchev–Trinajstić information content (AvgIpc) is 2.82. The minimum absolute atomic E-state index is 0.0404. The van der Waals surface area contributed by atoms with Crippen molar-refractivity contribution >= 4 is 15.9 Å². The van der Waals surface area contributed by atoms with Gasteiger partial charge in [-0.2, -0.15) is 0 Å². The predicted molar refractivity (Wildman–Crippen MR) is 77.4 cm³/mol. The molecule has 0 aromatic rings. The first-order chi connectivity index (χ1) is 9.37. The number of nitrogens with zero attached hydrogens (tertiary/aromatic N) is 1. The van der Waals surface area contributed by atoms with Gasteiger partial charge >= 0.3 is 0 Å². The van der Waals surface area contributed by atoms with Gasteiger partial charge in [0, 0.05) is 25.2 Å². The first kappa shape index (κ1) is 15.5. The number of carbonyl (C=O) groups is 1. The number of likely N-dealkylation sites (tertiary alicyclic amines) is 1. The summed E-state index contributed by atoms with van der Waals surface area (Å²) in [6.45, 7) is 1.00. The third-order valence-electron chi connectivity index (χ3n) is 3.93. The SMILES string of the molecule is CS(=O)(=O)NCC1CCCCN1C(=O)C1C=CC(N)C1. The summed E-state index contributed by atoms with van der Waals surface area (Å²) in [7, 11) is -3.22. The normalized spacial score (nSPS) is 30.7. The lowest BCUT2D eigenvalue weighted by Crippen LogP contribution is -2.51. The van der Waals surface area contributed by atoms with E-state index >= 15 is 0 Å². The summed E-state index contributed by atoms with van der Waals surface area (Å²) in [6.07, 6.45) is 8.39. The van der Waals surface area contributed by atoms with Crippen LogP contribution in [0.5, 0.6) is 0 Å². The second-order valence-corrected chi connectivity index (χ2v) is 7.53. The van der Waals surface area contributed by atoms with E-state index in [1.165, 1.54) is 0 Å². The van der Waals surface area contributed by atoms with Crippen LogP contribution in [0.2, 0.25) is 0 Å². The van der Waals surface area contributed by atoms with E-state index in [1.54, 1.807) is 0 Å². The van der Waals surface area contributed by atoms with Gasteiger partial charge in [0.1, 0.15) is 0 Å². The molecule has 6 nitrogen and oxygen atoms in total. The number of piperidine rings is 1. The molecule has 0 spiro atoms. The first-order valence-electron chi connectivity index (χ1n) is 7.06.